The van der Waals surface area contributed by atoms with E-state index in [2.05, 4.69) is 0 Å². The van der Waals surface area contributed by atoms with Gasteiger partial charge < -0.3 is 9.64 Å². The highest BCUT2D eigenvalue weighted by Gasteiger charge is 2.45. The van der Waals surface area contributed by atoms with Gasteiger partial charge in [0.05, 0.1) is 12.5 Å². The zero-order valence-electron chi connectivity index (χ0n) is 10.9. The Labute approximate surface area is 105 Å². The van der Waals surface area contributed by atoms with Crippen molar-refractivity contribution >= 4 is 9.84 Å². The Morgan fingerprint density at radius 1 is 1.17 bits per heavy atom. The van der Waals surface area contributed by atoms with E-state index in [4.69, 9.17) is 4.74 Å². The normalized spacial score (nSPS) is 14.2. The lowest BCUT2D eigenvalue weighted by Gasteiger charge is -2.33. The number of alkyl halides is 3. The van der Waals surface area contributed by atoms with Gasteiger partial charge in [-0.3, -0.25) is 0 Å². The van der Waals surface area contributed by atoms with Gasteiger partial charge in [-0.15, -0.1) is 0 Å². The van der Waals surface area contributed by atoms with Gasteiger partial charge >= 0.3 is 5.51 Å². The molecule has 0 N–H and O–H groups in total. The molecule has 0 aromatic rings. The highest BCUT2D eigenvalue weighted by Crippen LogP contribution is 2.27. The molecule has 0 spiro atoms. The first-order valence-corrected chi connectivity index (χ1v) is 6.84. The zero-order valence-corrected chi connectivity index (χ0v) is 11.8. The summed E-state index contributed by atoms with van der Waals surface area (Å²) in [4.78, 5) is 1.45. The van der Waals surface area contributed by atoms with Crippen LogP contribution in [0.5, 0.6) is 0 Å². The number of rotatable bonds is 5. The molecule has 108 valence electrons. The van der Waals surface area contributed by atoms with E-state index in [0.29, 0.717) is 0 Å². The quantitative estimate of drug-likeness (QED) is 0.730. The largest absolute Gasteiger partial charge is 0.501 e. The van der Waals surface area contributed by atoms with Gasteiger partial charge in [0.25, 0.3) is 9.84 Å². The van der Waals surface area contributed by atoms with Crippen LogP contribution in [0.1, 0.15) is 27.7 Å². The first-order chi connectivity index (χ1) is 7.94. The molecule has 0 rings (SSSR count). The molecule has 0 radical (unpaired) electrons. The van der Waals surface area contributed by atoms with Crippen LogP contribution in [0.25, 0.3) is 0 Å². The molecule has 0 aliphatic rings. The summed E-state index contributed by atoms with van der Waals surface area (Å²) in [5, 5.41) is 0.118. The zero-order chi connectivity index (χ0) is 14.7. The molecule has 4 nitrogen and oxygen atoms in total. The number of sulfone groups is 1. The van der Waals surface area contributed by atoms with Gasteiger partial charge in [-0.1, -0.05) is 0 Å². The van der Waals surface area contributed by atoms with Gasteiger partial charge in [-0.2, -0.15) is 13.2 Å². The van der Waals surface area contributed by atoms with E-state index < -0.39 is 15.3 Å². The molecule has 0 unspecified atom stereocenters. The Morgan fingerprint density at radius 2 is 1.56 bits per heavy atom. The van der Waals surface area contributed by atoms with Crippen molar-refractivity contribution in [2.45, 2.75) is 45.3 Å². The molecule has 0 heterocycles. The summed E-state index contributed by atoms with van der Waals surface area (Å²) in [5.41, 5.74) is -5.32. The van der Waals surface area contributed by atoms with Crippen molar-refractivity contribution in [3.8, 4) is 0 Å². The van der Waals surface area contributed by atoms with Crippen LogP contribution in [-0.4, -0.2) is 38.0 Å². The predicted molar refractivity (Wildman–Crippen MR) is 62.2 cm³/mol. The van der Waals surface area contributed by atoms with Crippen LogP contribution in [-0.2, 0) is 14.6 Å². The maximum absolute atomic E-state index is 12.3. The second-order valence-electron chi connectivity index (χ2n) is 4.25. The molecule has 18 heavy (non-hydrogen) atoms. The second kappa shape index (κ2) is 5.81. The Bertz CT molecular complexity index is 391. The van der Waals surface area contributed by atoms with Crippen LogP contribution in [0.2, 0.25) is 0 Å². The summed E-state index contributed by atoms with van der Waals surface area (Å²) in [5.74, 6) is -0.322. The van der Waals surface area contributed by atoms with E-state index in [1.54, 1.807) is 27.7 Å². The molecule has 0 aliphatic heterocycles. The van der Waals surface area contributed by atoms with Gasteiger partial charge in [-0.05, 0) is 27.7 Å². The van der Waals surface area contributed by atoms with E-state index >= 15 is 0 Å². The van der Waals surface area contributed by atoms with Gasteiger partial charge in [0, 0.05) is 12.1 Å². The summed E-state index contributed by atoms with van der Waals surface area (Å²) >= 11 is 0. The summed E-state index contributed by atoms with van der Waals surface area (Å²) in [6, 6.07) is -0.390. The minimum atomic E-state index is -5.35. The molecule has 0 aromatic heterocycles. The molecule has 0 atom stereocenters. The molecule has 0 saturated heterocycles. The first kappa shape index (κ1) is 17.1. The van der Waals surface area contributed by atoms with Crippen LogP contribution >= 0.6 is 0 Å². The number of nitrogens with zero attached hydrogens (tertiary/aromatic N) is 1. The topological polar surface area (TPSA) is 46.6 Å². The van der Waals surface area contributed by atoms with Crippen molar-refractivity contribution in [1.29, 1.82) is 0 Å². The van der Waals surface area contributed by atoms with E-state index in [1.165, 1.54) is 4.90 Å². The molecule has 0 amide bonds. The van der Waals surface area contributed by atoms with Crippen molar-refractivity contribution in [3.05, 3.63) is 11.3 Å². The monoisotopic (exact) mass is 289 g/mol. The van der Waals surface area contributed by atoms with Crippen LogP contribution in [0.4, 0.5) is 13.2 Å². The van der Waals surface area contributed by atoms with E-state index in [9.17, 15) is 21.6 Å². The average Bonchev–Trinajstić information content (AvgIpc) is 2.12. The predicted octanol–water partition coefficient (Wildman–Crippen LogP) is 2.49. The number of ether oxygens (including phenoxy) is 1. The van der Waals surface area contributed by atoms with Crippen molar-refractivity contribution in [3.63, 3.8) is 0 Å². The standard InChI is InChI=1S/C10H18F3NO3S/c1-7(2)14(8(3)4)9(17-5)6-18(15,16)10(11,12)13/h6-8H,1-5H3/b9-6-. The van der Waals surface area contributed by atoms with Crippen LogP contribution in [0, 0.1) is 0 Å². The van der Waals surface area contributed by atoms with Crippen LogP contribution in [0.3, 0.4) is 0 Å². The maximum atomic E-state index is 12.3. The van der Waals surface area contributed by atoms with Gasteiger partial charge in [0.15, 0.2) is 0 Å². The van der Waals surface area contributed by atoms with E-state index in [-0.39, 0.29) is 23.4 Å². The van der Waals surface area contributed by atoms with Gasteiger partial charge in [0.2, 0.25) is 5.88 Å². The molecule has 0 saturated carbocycles. The molecule has 0 bridgehead atoms. The first-order valence-electron chi connectivity index (χ1n) is 5.29. The fourth-order valence-corrected chi connectivity index (χ4v) is 2.14. The number of hydrogen-bond donors (Lipinski definition) is 0. The Hall–Kier alpha value is -0.920. The van der Waals surface area contributed by atoms with Crippen molar-refractivity contribution in [2.24, 2.45) is 0 Å². The minimum Gasteiger partial charge on any atom is -0.482 e. The third-order valence-corrected chi connectivity index (χ3v) is 3.31. The highest BCUT2D eigenvalue weighted by molar-refractivity contribution is 7.95. The number of hydrogen-bond acceptors (Lipinski definition) is 4. The maximum Gasteiger partial charge on any atom is 0.501 e. The van der Waals surface area contributed by atoms with E-state index in [1.807, 2.05) is 0 Å². The van der Waals surface area contributed by atoms with Gasteiger partial charge in [-0.25, -0.2) is 8.42 Å². The van der Waals surface area contributed by atoms with Gasteiger partial charge in [0.1, 0.15) is 0 Å². The smallest absolute Gasteiger partial charge is 0.482 e. The lowest BCUT2D eigenvalue weighted by Crippen LogP contribution is -2.37. The summed E-state index contributed by atoms with van der Waals surface area (Å²) < 4.78 is 63.8. The third kappa shape index (κ3) is 4.08. The lowest BCUT2D eigenvalue weighted by atomic mass is 10.2. The van der Waals surface area contributed by atoms with Crippen LogP contribution < -0.4 is 0 Å². The minimum absolute atomic E-state index is 0.118. The second-order valence-corrected chi connectivity index (χ2v) is 6.03. The molecular weight excluding hydrogens is 271 g/mol. The lowest BCUT2D eigenvalue weighted by molar-refractivity contribution is -0.0426. The molecule has 0 aliphatic carbocycles. The Morgan fingerprint density at radius 3 is 1.78 bits per heavy atom. The molecule has 0 fully saturated rings. The molecular formula is C10H18F3NO3S. The fourth-order valence-electron chi connectivity index (χ4n) is 1.52. The third-order valence-electron chi connectivity index (χ3n) is 2.15. The van der Waals surface area contributed by atoms with Crippen molar-refractivity contribution in [1.82, 2.24) is 4.90 Å². The van der Waals surface area contributed by atoms with Crippen molar-refractivity contribution < 1.29 is 26.3 Å². The average molecular weight is 289 g/mol. The highest BCUT2D eigenvalue weighted by atomic mass is 32.2. The van der Waals surface area contributed by atoms with Crippen molar-refractivity contribution in [2.75, 3.05) is 7.11 Å². The Balaban J connectivity index is 5.58. The molecule has 0 aromatic carbocycles. The van der Waals surface area contributed by atoms with E-state index in [0.717, 1.165) is 7.11 Å². The summed E-state index contributed by atoms with van der Waals surface area (Å²) in [6.45, 7) is 6.92. The SMILES string of the molecule is CO/C(=C\S(=O)(=O)C(F)(F)F)N(C(C)C)C(C)C. The Kier molecular flexibility index (Phi) is 5.52. The summed E-state index contributed by atoms with van der Waals surface area (Å²) in [7, 11) is -4.22. The molecule has 8 heteroatoms. The summed E-state index contributed by atoms with van der Waals surface area (Å²) in [6.07, 6.45) is 0. The number of methoxy groups -OCH3 is 1. The van der Waals surface area contributed by atoms with Crippen LogP contribution in [0.15, 0.2) is 11.3 Å². The number of halogens is 3. The fraction of sp³-hybridized carbons (Fsp3) is 0.800.